The van der Waals surface area contributed by atoms with E-state index in [0.717, 1.165) is 6.42 Å². The van der Waals surface area contributed by atoms with Crippen molar-refractivity contribution in [1.82, 2.24) is 4.90 Å². The Morgan fingerprint density at radius 1 is 1.67 bits per heavy atom. The van der Waals surface area contributed by atoms with Gasteiger partial charge in [0.25, 0.3) is 0 Å². The van der Waals surface area contributed by atoms with E-state index in [2.05, 4.69) is 0 Å². The molecule has 6 heteroatoms. The van der Waals surface area contributed by atoms with Gasteiger partial charge < -0.3 is 5.73 Å². The van der Waals surface area contributed by atoms with E-state index in [1.807, 2.05) is 18.7 Å². The molecule has 1 aliphatic heterocycles. The highest BCUT2D eigenvalue weighted by atomic mass is 32.2. The summed E-state index contributed by atoms with van der Waals surface area (Å²) in [6.45, 7) is 4.33. The van der Waals surface area contributed by atoms with Crippen LogP contribution in [-0.2, 0) is 9.84 Å². The zero-order valence-electron chi connectivity index (χ0n) is 9.23. The number of nitrogens with two attached hydrogens (primary N) is 1. The molecule has 2 unspecified atom stereocenters. The van der Waals surface area contributed by atoms with Crippen LogP contribution in [0, 0.1) is 5.41 Å². The van der Waals surface area contributed by atoms with Gasteiger partial charge in [0.15, 0.2) is 9.84 Å². The largest absolute Gasteiger partial charge is 0.386 e. The summed E-state index contributed by atoms with van der Waals surface area (Å²) in [4.78, 5) is 2.02. The van der Waals surface area contributed by atoms with Gasteiger partial charge in [-0.3, -0.25) is 10.3 Å². The summed E-state index contributed by atoms with van der Waals surface area (Å²) in [7, 11) is -2.89. The average molecular weight is 233 g/mol. The Bertz CT molecular complexity index is 339. The predicted molar refractivity (Wildman–Crippen MR) is 60.8 cm³/mol. The fourth-order valence-corrected chi connectivity index (χ4v) is 3.69. The van der Waals surface area contributed by atoms with Crippen LogP contribution in [0.5, 0.6) is 0 Å². The highest BCUT2D eigenvalue weighted by molar-refractivity contribution is 7.91. The maximum atomic E-state index is 11.4. The smallest absolute Gasteiger partial charge is 0.153 e. The van der Waals surface area contributed by atoms with E-state index < -0.39 is 9.84 Å². The number of nitrogens with one attached hydrogen (secondary N) is 1. The van der Waals surface area contributed by atoms with Crippen LogP contribution < -0.4 is 5.73 Å². The molecule has 15 heavy (non-hydrogen) atoms. The van der Waals surface area contributed by atoms with E-state index >= 15 is 0 Å². The molecule has 0 aromatic heterocycles. The predicted octanol–water partition coefficient (Wildman–Crippen LogP) is -0.180. The molecule has 1 rings (SSSR count). The van der Waals surface area contributed by atoms with Crippen molar-refractivity contribution in [2.75, 3.05) is 18.1 Å². The van der Waals surface area contributed by atoms with E-state index in [-0.39, 0.29) is 29.4 Å². The first-order valence-corrected chi connectivity index (χ1v) is 6.99. The van der Waals surface area contributed by atoms with Crippen LogP contribution in [-0.4, -0.2) is 49.3 Å². The van der Waals surface area contributed by atoms with Crippen LogP contribution in [0.25, 0.3) is 0 Å². The minimum atomic E-state index is -2.89. The average Bonchev–Trinajstić information content (AvgIpc) is 2.08. The van der Waals surface area contributed by atoms with E-state index in [4.69, 9.17) is 11.1 Å². The molecule has 0 amide bonds. The molecular formula is C9H19N3O2S. The highest BCUT2D eigenvalue weighted by Gasteiger charge is 2.32. The minimum Gasteiger partial charge on any atom is -0.386 e. The number of hydrogen-bond acceptors (Lipinski definition) is 4. The molecule has 0 aromatic rings. The first-order chi connectivity index (χ1) is 6.87. The van der Waals surface area contributed by atoms with Gasteiger partial charge >= 0.3 is 0 Å². The van der Waals surface area contributed by atoms with Crippen molar-refractivity contribution < 1.29 is 8.42 Å². The molecule has 88 valence electrons. The molecule has 2 atom stereocenters. The Labute approximate surface area is 91.1 Å². The van der Waals surface area contributed by atoms with E-state index in [9.17, 15) is 8.42 Å². The van der Waals surface area contributed by atoms with Gasteiger partial charge in [-0.25, -0.2) is 8.42 Å². The van der Waals surface area contributed by atoms with Crippen molar-refractivity contribution in [2.45, 2.75) is 32.4 Å². The Morgan fingerprint density at radius 2 is 2.27 bits per heavy atom. The molecule has 0 aliphatic carbocycles. The summed E-state index contributed by atoms with van der Waals surface area (Å²) in [5, 5.41) is 7.46. The van der Waals surface area contributed by atoms with Crippen molar-refractivity contribution >= 4 is 15.7 Å². The molecule has 1 heterocycles. The second-order valence-corrected chi connectivity index (χ2v) is 6.31. The minimum absolute atomic E-state index is 0.0439. The van der Waals surface area contributed by atoms with Crippen molar-refractivity contribution in [3.63, 3.8) is 0 Å². The first kappa shape index (κ1) is 12.4. The number of sulfone groups is 1. The van der Waals surface area contributed by atoms with E-state index in [0.29, 0.717) is 6.54 Å². The van der Waals surface area contributed by atoms with Crippen LogP contribution in [0.15, 0.2) is 0 Å². The number of hydrogen-bond donors (Lipinski definition) is 2. The number of nitrogens with zero attached hydrogens (tertiary/aromatic N) is 1. The van der Waals surface area contributed by atoms with Gasteiger partial charge in [0, 0.05) is 12.6 Å². The van der Waals surface area contributed by atoms with Gasteiger partial charge in [-0.15, -0.1) is 0 Å². The fourth-order valence-electron chi connectivity index (χ4n) is 2.11. The van der Waals surface area contributed by atoms with Crippen LogP contribution in [0.2, 0.25) is 0 Å². The standard InChI is InChI=1S/C9H19N3O2S/c1-3-8(9(10)11)12-4-5-15(13,14)6-7(12)2/h7-8H,3-6H2,1-2H3,(H3,10,11). The quantitative estimate of drug-likeness (QED) is 0.523. The maximum absolute atomic E-state index is 11.4. The molecule has 0 aromatic carbocycles. The Kier molecular flexibility index (Phi) is 3.72. The normalized spacial score (nSPS) is 28.5. The van der Waals surface area contributed by atoms with Gasteiger partial charge in [-0.1, -0.05) is 6.92 Å². The van der Waals surface area contributed by atoms with Gasteiger partial charge in [0.2, 0.25) is 0 Å². The van der Waals surface area contributed by atoms with Crippen LogP contribution in [0.4, 0.5) is 0 Å². The third-order valence-electron chi connectivity index (χ3n) is 2.87. The molecule has 3 N–H and O–H groups in total. The zero-order chi connectivity index (χ0) is 11.6. The Balaban J connectivity index is 2.77. The van der Waals surface area contributed by atoms with Gasteiger partial charge in [-0.2, -0.15) is 0 Å². The lowest BCUT2D eigenvalue weighted by Crippen LogP contribution is -2.55. The summed E-state index contributed by atoms with van der Waals surface area (Å²) in [5.41, 5.74) is 5.50. The summed E-state index contributed by atoms with van der Waals surface area (Å²) < 4.78 is 22.8. The summed E-state index contributed by atoms with van der Waals surface area (Å²) in [6, 6.07) is -0.159. The molecule has 0 bridgehead atoms. The molecule has 5 nitrogen and oxygen atoms in total. The Hall–Kier alpha value is -0.620. The highest BCUT2D eigenvalue weighted by Crippen LogP contribution is 2.16. The molecule has 0 spiro atoms. The lowest BCUT2D eigenvalue weighted by Gasteiger charge is -2.38. The van der Waals surface area contributed by atoms with Crippen molar-refractivity contribution in [3.05, 3.63) is 0 Å². The van der Waals surface area contributed by atoms with E-state index in [1.165, 1.54) is 0 Å². The van der Waals surface area contributed by atoms with Gasteiger partial charge in [-0.05, 0) is 13.3 Å². The molecule has 1 fully saturated rings. The maximum Gasteiger partial charge on any atom is 0.153 e. The molecule has 1 saturated heterocycles. The molecule has 0 saturated carbocycles. The van der Waals surface area contributed by atoms with Crippen LogP contribution >= 0.6 is 0 Å². The molecule has 1 aliphatic rings. The van der Waals surface area contributed by atoms with Crippen molar-refractivity contribution in [2.24, 2.45) is 5.73 Å². The van der Waals surface area contributed by atoms with Gasteiger partial charge in [0.05, 0.1) is 17.5 Å². The SMILES string of the molecule is CCC(C(=N)N)N1CCS(=O)(=O)CC1C. The van der Waals surface area contributed by atoms with Gasteiger partial charge in [0.1, 0.15) is 5.84 Å². The molecular weight excluding hydrogens is 214 g/mol. The topological polar surface area (TPSA) is 87.2 Å². The second-order valence-electron chi connectivity index (χ2n) is 4.08. The summed E-state index contributed by atoms with van der Waals surface area (Å²) in [5.74, 6) is 0.487. The van der Waals surface area contributed by atoms with Crippen LogP contribution in [0.1, 0.15) is 20.3 Å². The Morgan fingerprint density at radius 3 is 2.67 bits per heavy atom. The summed E-state index contributed by atoms with van der Waals surface area (Å²) in [6.07, 6.45) is 0.750. The first-order valence-electron chi connectivity index (χ1n) is 5.17. The third kappa shape index (κ3) is 2.92. The van der Waals surface area contributed by atoms with Crippen LogP contribution in [0.3, 0.4) is 0 Å². The zero-order valence-corrected chi connectivity index (χ0v) is 10.0. The number of amidine groups is 1. The van der Waals surface area contributed by atoms with E-state index in [1.54, 1.807) is 0 Å². The van der Waals surface area contributed by atoms with Crippen molar-refractivity contribution in [1.29, 1.82) is 5.41 Å². The summed E-state index contributed by atoms with van der Waals surface area (Å²) >= 11 is 0. The monoisotopic (exact) mass is 233 g/mol. The lowest BCUT2D eigenvalue weighted by molar-refractivity contribution is 0.192. The number of rotatable bonds is 3. The fraction of sp³-hybridized carbons (Fsp3) is 0.889. The van der Waals surface area contributed by atoms with Crippen molar-refractivity contribution in [3.8, 4) is 0 Å². The molecule has 0 radical (unpaired) electrons. The third-order valence-corrected chi connectivity index (χ3v) is 4.66. The second kappa shape index (κ2) is 4.49. The lowest BCUT2D eigenvalue weighted by atomic mass is 10.1.